The van der Waals surface area contributed by atoms with Crippen molar-refractivity contribution in [1.82, 2.24) is 5.32 Å². The fourth-order valence-electron chi connectivity index (χ4n) is 1.93. The molecule has 0 bridgehead atoms. The zero-order chi connectivity index (χ0) is 16.1. The molecular formula is C16H15ClF2N2O. The van der Waals surface area contributed by atoms with Crippen LogP contribution in [0.25, 0.3) is 0 Å². The number of carbonyl (C=O) groups excluding carboxylic acids is 1. The summed E-state index contributed by atoms with van der Waals surface area (Å²) < 4.78 is 26.4. The third-order valence-corrected chi connectivity index (χ3v) is 3.36. The van der Waals surface area contributed by atoms with E-state index in [-0.39, 0.29) is 18.3 Å². The molecule has 2 aromatic carbocycles. The molecule has 3 nitrogen and oxygen atoms in total. The van der Waals surface area contributed by atoms with E-state index in [0.29, 0.717) is 5.02 Å². The maximum absolute atomic E-state index is 13.4. The molecule has 2 aromatic rings. The minimum atomic E-state index is -0.683. The van der Waals surface area contributed by atoms with Crippen molar-refractivity contribution in [2.75, 3.05) is 11.9 Å². The van der Waals surface area contributed by atoms with Gasteiger partial charge >= 0.3 is 0 Å². The molecule has 0 saturated carbocycles. The zero-order valence-electron chi connectivity index (χ0n) is 11.9. The first-order valence-corrected chi connectivity index (χ1v) is 7.07. The molecule has 2 rings (SSSR count). The standard InChI is InChI=1S/C16H15ClF2N2O/c1-10(11-3-2-4-12(17)7-11)20-9-16(22)21-15-8-13(18)5-6-14(15)19/h2-8,10,20H,9H2,1H3,(H,21,22)/t10-/m1/s1. The van der Waals surface area contributed by atoms with E-state index >= 15 is 0 Å². The Morgan fingerprint density at radius 2 is 2.00 bits per heavy atom. The normalized spacial score (nSPS) is 12.0. The van der Waals surface area contributed by atoms with Gasteiger partial charge in [0.2, 0.25) is 5.91 Å². The fourth-order valence-corrected chi connectivity index (χ4v) is 2.13. The van der Waals surface area contributed by atoms with Gasteiger partial charge in [0.15, 0.2) is 0 Å². The van der Waals surface area contributed by atoms with Gasteiger partial charge in [-0.25, -0.2) is 8.78 Å². The number of amides is 1. The lowest BCUT2D eigenvalue weighted by molar-refractivity contribution is -0.115. The Kier molecular flexibility index (Phi) is 5.46. The number of benzene rings is 2. The number of carbonyl (C=O) groups is 1. The fraction of sp³-hybridized carbons (Fsp3) is 0.188. The Bertz CT molecular complexity index is 679. The first-order valence-electron chi connectivity index (χ1n) is 6.69. The summed E-state index contributed by atoms with van der Waals surface area (Å²) in [7, 11) is 0. The molecule has 2 N–H and O–H groups in total. The van der Waals surface area contributed by atoms with Gasteiger partial charge in [0, 0.05) is 17.1 Å². The molecule has 0 aliphatic rings. The van der Waals surface area contributed by atoms with E-state index in [9.17, 15) is 13.6 Å². The molecule has 22 heavy (non-hydrogen) atoms. The Hall–Kier alpha value is -1.98. The monoisotopic (exact) mass is 324 g/mol. The number of rotatable bonds is 5. The average Bonchev–Trinajstić information content (AvgIpc) is 2.48. The van der Waals surface area contributed by atoms with Crippen LogP contribution in [0.4, 0.5) is 14.5 Å². The van der Waals surface area contributed by atoms with Crippen molar-refractivity contribution in [2.45, 2.75) is 13.0 Å². The van der Waals surface area contributed by atoms with Crippen LogP contribution >= 0.6 is 11.6 Å². The minimum absolute atomic E-state index is 0.0381. The van der Waals surface area contributed by atoms with E-state index in [4.69, 9.17) is 11.6 Å². The Labute approximate surface area is 132 Å². The van der Waals surface area contributed by atoms with Gasteiger partial charge in [0.25, 0.3) is 0 Å². The number of hydrogen-bond donors (Lipinski definition) is 2. The molecule has 6 heteroatoms. The van der Waals surface area contributed by atoms with Crippen LogP contribution < -0.4 is 10.6 Å². The van der Waals surface area contributed by atoms with Gasteiger partial charge in [-0.05, 0) is 36.8 Å². The SMILES string of the molecule is C[C@@H](NCC(=O)Nc1cc(F)ccc1F)c1cccc(Cl)c1. The number of hydrogen-bond acceptors (Lipinski definition) is 2. The van der Waals surface area contributed by atoms with Crippen LogP contribution in [0.2, 0.25) is 5.02 Å². The summed E-state index contributed by atoms with van der Waals surface area (Å²) in [4.78, 5) is 11.8. The van der Waals surface area contributed by atoms with Crippen molar-refractivity contribution in [1.29, 1.82) is 0 Å². The molecule has 0 saturated heterocycles. The highest BCUT2D eigenvalue weighted by Gasteiger charge is 2.11. The third-order valence-electron chi connectivity index (χ3n) is 3.12. The van der Waals surface area contributed by atoms with Gasteiger partial charge < -0.3 is 10.6 Å². The second-order valence-corrected chi connectivity index (χ2v) is 5.27. The smallest absolute Gasteiger partial charge is 0.238 e. The maximum atomic E-state index is 13.4. The molecule has 0 fully saturated rings. The molecular weight excluding hydrogens is 310 g/mol. The average molecular weight is 325 g/mol. The van der Waals surface area contributed by atoms with Crippen LogP contribution in [0, 0.1) is 11.6 Å². The first-order chi connectivity index (χ1) is 10.5. The second kappa shape index (κ2) is 7.33. The second-order valence-electron chi connectivity index (χ2n) is 4.83. The highest BCUT2D eigenvalue weighted by atomic mass is 35.5. The van der Waals surface area contributed by atoms with Crippen molar-refractivity contribution in [3.05, 3.63) is 64.7 Å². The van der Waals surface area contributed by atoms with Crippen LogP contribution in [0.3, 0.4) is 0 Å². The van der Waals surface area contributed by atoms with Crippen molar-refractivity contribution in [3.8, 4) is 0 Å². The highest BCUT2D eigenvalue weighted by molar-refractivity contribution is 6.30. The van der Waals surface area contributed by atoms with Gasteiger partial charge in [0.1, 0.15) is 11.6 Å². The van der Waals surface area contributed by atoms with Crippen LogP contribution in [-0.2, 0) is 4.79 Å². The van der Waals surface area contributed by atoms with Crippen LogP contribution in [0.1, 0.15) is 18.5 Å². The van der Waals surface area contributed by atoms with E-state index in [1.165, 1.54) is 0 Å². The van der Waals surface area contributed by atoms with Crippen molar-refractivity contribution in [3.63, 3.8) is 0 Å². The van der Waals surface area contributed by atoms with Gasteiger partial charge in [-0.1, -0.05) is 23.7 Å². The maximum Gasteiger partial charge on any atom is 0.238 e. The van der Waals surface area contributed by atoms with E-state index < -0.39 is 17.5 Å². The van der Waals surface area contributed by atoms with Crippen LogP contribution in [0.5, 0.6) is 0 Å². The van der Waals surface area contributed by atoms with E-state index in [0.717, 1.165) is 23.8 Å². The third kappa shape index (κ3) is 4.51. The zero-order valence-corrected chi connectivity index (χ0v) is 12.6. The molecule has 116 valence electrons. The predicted molar refractivity (Wildman–Crippen MR) is 82.9 cm³/mol. The lowest BCUT2D eigenvalue weighted by atomic mass is 10.1. The Morgan fingerprint density at radius 3 is 2.73 bits per heavy atom. The number of anilines is 1. The quantitative estimate of drug-likeness (QED) is 0.875. The summed E-state index contributed by atoms with van der Waals surface area (Å²) >= 11 is 5.91. The van der Waals surface area contributed by atoms with Gasteiger partial charge in [-0.2, -0.15) is 0 Å². The summed E-state index contributed by atoms with van der Waals surface area (Å²) in [5, 5.41) is 5.93. The molecule has 0 aromatic heterocycles. The van der Waals surface area contributed by atoms with E-state index in [1.807, 2.05) is 19.1 Å². The molecule has 0 spiro atoms. The topological polar surface area (TPSA) is 41.1 Å². The van der Waals surface area contributed by atoms with Crippen molar-refractivity contribution in [2.24, 2.45) is 0 Å². The van der Waals surface area contributed by atoms with Crippen LogP contribution in [-0.4, -0.2) is 12.5 Å². The molecule has 0 aliphatic heterocycles. The largest absolute Gasteiger partial charge is 0.322 e. The molecule has 0 unspecified atom stereocenters. The Balaban J connectivity index is 1.91. The minimum Gasteiger partial charge on any atom is -0.322 e. The summed E-state index contributed by atoms with van der Waals surface area (Å²) in [5.74, 6) is -1.76. The summed E-state index contributed by atoms with van der Waals surface area (Å²) in [5.41, 5.74) is 0.749. The van der Waals surface area contributed by atoms with Crippen molar-refractivity contribution >= 4 is 23.2 Å². The summed E-state index contributed by atoms with van der Waals surface area (Å²) in [6, 6.07) is 10.0. The Morgan fingerprint density at radius 1 is 1.23 bits per heavy atom. The summed E-state index contributed by atoms with van der Waals surface area (Å²) in [6.45, 7) is 1.84. The summed E-state index contributed by atoms with van der Waals surface area (Å²) in [6.07, 6.45) is 0. The highest BCUT2D eigenvalue weighted by Crippen LogP contribution is 2.17. The van der Waals surface area contributed by atoms with Crippen LogP contribution in [0.15, 0.2) is 42.5 Å². The first kappa shape index (κ1) is 16.4. The molecule has 0 radical (unpaired) electrons. The molecule has 1 atom stereocenters. The number of halogens is 3. The van der Waals surface area contributed by atoms with Gasteiger partial charge in [-0.3, -0.25) is 4.79 Å². The predicted octanol–water partition coefficient (Wildman–Crippen LogP) is 3.91. The lowest BCUT2D eigenvalue weighted by Gasteiger charge is -2.14. The lowest BCUT2D eigenvalue weighted by Crippen LogP contribution is -2.30. The van der Waals surface area contributed by atoms with Gasteiger partial charge in [0.05, 0.1) is 12.2 Å². The molecule has 1 amide bonds. The number of nitrogens with one attached hydrogen (secondary N) is 2. The van der Waals surface area contributed by atoms with E-state index in [2.05, 4.69) is 10.6 Å². The van der Waals surface area contributed by atoms with Gasteiger partial charge in [-0.15, -0.1) is 0 Å². The van der Waals surface area contributed by atoms with Crippen molar-refractivity contribution < 1.29 is 13.6 Å². The molecule has 0 heterocycles. The molecule has 0 aliphatic carbocycles. The van der Waals surface area contributed by atoms with E-state index in [1.54, 1.807) is 12.1 Å².